The number of fused-ring (bicyclic) bond motifs is 1. The van der Waals surface area contributed by atoms with Crippen LogP contribution in [0.25, 0.3) is 5.70 Å². The van der Waals surface area contributed by atoms with Gasteiger partial charge in [-0.2, -0.15) is 0 Å². The summed E-state index contributed by atoms with van der Waals surface area (Å²) in [5.41, 5.74) is 8.06. The Morgan fingerprint density at radius 3 is 2.59 bits per heavy atom. The van der Waals surface area contributed by atoms with Gasteiger partial charge >= 0.3 is 6.03 Å². The van der Waals surface area contributed by atoms with Crippen LogP contribution in [0.15, 0.2) is 71.3 Å². The van der Waals surface area contributed by atoms with Gasteiger partial charge in [-0.3, -0.25) is 9.69 Å². The molecule has 12 heteroatoms. The lowest BCUT2D eigenvalue weighted by atomic mass is 10.1. The Morgan fingerprint density at radius 2 is 1.86 bits per heavy atom. The molecule has 2 aromatic carbocycles. The molecule has 0 radical (unpaired) electrons. The van der Waals surface area contributed by atoms with Crippen molar-refractivity contribution in [3.8, 4) is 5.75 Å². The monoisotopic (exact) mass is 524 g/mol. The highest BCUT2D eigenvalue weighted by molar-refractivity contribution is 7.89. The number of piperidine rings is 1. The van der Waals surface area contributed by atoms with Crippen LogP contribution >= 0.6 is 0 Å². The van der Waals surface area contributed by atoms with Crippen molar-refractivity contribution in [2.24, 2.45) is 5.73 Å². The van der Waals surface area contributed by atoms with Gasteiger partial charge in [-0.25, -0.2) is 17.9 Å². The van der Waals surface area contributed by atoms with Gasteiger partial charge in [-0.1, -0.05) is 18.2 Å². The van der Waals surface area contributed by atoms with Crippen molar-refractivity contribution in [3.05, 3.63) is 71.9 Å². The number of urea groups is 1. The van der Waals surface area contributed by atoms with Crippen LogP contribution in [0.3, 0.4) is 0 Å². The van der Waals surface area contributed by atoms with Crippen molar-refractivity contribution in [1.29, 1.82) is 0 Å². The Bertz CT molecular complexity index is 1370. The number of amides is 3. The largest absolute Gasteiger partial charge is 0.484 e. The molecule has 1 unspecified atom stereocenters. The third-order valence-electron chi connectivity index (χ3n) is 6.32. The number of sulfonamides is 1. The fraction of sp³-hybridized carbons (Fsp3) is 0.280. The van der Waals surface area contributed by atoms with E-state index >= 15 is 0 Å². The highest BCUT2D eigenvalue weighted by Crippen LogP contribution is 2.30. The topological polar surface area (TPSA) is 155 Å². The number of benzene rings is 2. The molecule has 0 spiro atoms. The van der Waals surface area contributed by atoms with Crippen molar-refractivity contribution in [3.63, 3.8) is 0 Å². The summed E-state index contributed by atoms with van der Waals surface area (Å²) < 4.78 is 33.7. The van der Waals surface area contributed by atoms with Crippen LogP contribution in [-0.2, 0) is 14.8 Å². The molecule has 3 amide bonds. The Hall–Kier alpha value is -3.87. The van der Waals surface area contributed by atoms with Crippen LogP contribution in [0, 0.1) is 0 Å². The Balaban J connectivity index is 1.31. The lowest BCUT2D eigenvalue weighted by Crippen LogP contribution is -2.51. The standard InChI is InChI=1S/C25H28N6O5S/c26-23(32)15-36-20-3-1-2-19(13-20)31-14-17-12-22(28-24(17)29-25(31)33)16-4-6-21(7-5-16)37(34,35)30-18-8-10-27-11-9-18/h1-7,12-14,18,24,27-28,30H,8-11,15H2,(H2,26,32)(H,29,33). The number of hydrogen-bond acceptors (Lipinski definition) is 7. The summed E-state index contributed by atoms with van der Waals surface area (Å²) in [4.78, 5) is 25.5. The number of nitrogens with two attached hydrogens (primary N) is 1. The van der Waals surface area contributed by atoms with Gasteiger partial charge in [0.2, 0.25) is 10.0 Å². The molecule has 1 atom stereocenters. The molecular formula is C25H28N6O5S. The second-order valence-corrected chi connectivity index (χ2v) is 10.7. The predicted molar refractivity (Wildman–Crippen MR) is 138 cm³/mol. The minimum Gasteiger partial charge on any atom is -0.484 e. The average Bonchev–Trinajstić information content (AvgIpc) is 3.30. The smallest absolute Gasteiger partial charge is 0.327 e. The van der Waals surface area contributed by atoms with E-state index in [1.807, 2.05) is 6.08 Å². The van der Waals surface area contributed by atoms with E-state index in [-0.39, 0.29) is 23.6 Å². The van der Waals surface area contributed by atoms with Crippen LogP contribution in [0.2, 0.25) is 0 Å². The molecule has 6 N–H and O–H groups in total. The van der Waals surface area contributed by atoms with Crippen LogP contribution in [-0.4, -0.2) is 52.3 Å². The highest BCUT2D eigenvalue weighted by Gasteiger charge is 2.31. The van der Waals surface area contributed by atoms with Gasteiger partial charge in [0, 0.05) is 29.6 Å². The number of hydrogen-bond donors (Lipinski definition) is 5. The third kappa shape index (κ3) is 5.61. The minimum absolute atomic E-state index is 0.0674. The van der Waals surface area contributed by atoms with Crippen molar-refractivity contribution >= 4 is 33.3 Å². The van der Waals surface area contributed by atoms with Crippen LogP contribution in [0.1, 0.15) is 18.4 Å². The molecule has 1 fully saturated rings. The predicted octanol–water partition coefficient (Wildman–Crippen LogP) is 0.965. The summed E-state index contributed by atoms with van der Waals surface area (Å²) in [5.74, 6) is -0.181. The van der Waals surface area contributed by atoms with E-state index in [0.29, 0.717) is 11.4 Å². The van der Waals surface area contributed by atoms with Crippen molar-refractivity contribution in [1.82, 2.24) is 20.7 Å². The van der Waals surface area contributed by atoms with Gasteiger partial charge in [0.1, 0.15) is 11.9 Å². The molecular weight excluding hydrogens is 496 g/mol. The first-order valence-electron chi connectivity index (χ1n) is 11.9. The van der Waals surface area contributed by atoms with Gasteiger partial charge in [0.15, 0.2) is 6.61 Å². The molecule has 37 heavy (non-hydrogen) atoms. The number of carbonyl (C=O) groups is 2. The van der Waals surface area contributed by atoms with Crippen LogP contribution in [0.5, 0.6) is 5.75 Å². The second-order valence-electron chi connectivity index (χ2n) is 9.01. The van der Waals surface area contributed by atoms with E-state index in [1.54, 1.807) is 54.7 Å². The number of carbonyl (C=O) groups excluding carboxylic acids is 2. The van der Waals surface area contributed by atoms with E-state index in [1.165, 1.54) is 4.90 Å². The summed E-state index contributed by atoms with van der Waals surface area (Å²) in [6.45, 7) is 1.33. The maximum Gasteiger partial charge on any atom is 0.327 e. The average molecular weight is 525 g/mol. The Labute approximate surface area is 214 Å². The molecule has 2 aromatic rings. The first-order chi connectivity index (χ1) is 17.8. The molecule has 194 valence electrons. The van der Waals surface area contributed by atoms with E-state index in [0.717, 1.165) is 42.8 Å². The maximum absolute atomic E-state index is 12.8. The number of ether oxygens (including phenoxy) is 1. The molecule has 3 aliphatic heterocycles. The number of nitrogens with zero attached hydrogens (tertiary/aromatic N) is 1. The van der Waals surface area contributed by atoms with Crippen molar-refractivity contribution in [2.45, 2.75) is 29.9 Å². The van der Waals surface area contributed by atoms with E-state index in [2.05, 4.69) is 20.7 Å². The van der Waals surface area contributed by atoms with Gasteiger partial charge in [0.05, 0.1) is 10.6 Å². The van der Waals surface area contributed by atoms with E-state index in [9.17, 15) is 18.0 Å². The Kier molecular flexibility index (Phi) is 6.87. The Morgan fingerprint density at radius 1 is 1.11 bits per heavy atom. The van der Waals surface area contributed by atoms with Crippen LogP contribution in [0.4, 0.5) is 10.5 Å². The number of primary amides is 1. The van der Waals surface area contributed by atoms with Gasteiger partial charge in [0.25, 0.3) is 5.91 Å². The molecule has 11 nitrogen and oxygen atoms in total. The number of anilines is 1. The summed E-state index contributed by atoms with van der Waals surface area (Å²) >= 11 is 0. The fourth-order valence-corrected chi connectivity index (χ4v) is 5.74. The number of rotatable bonds is 8. The number of nitrogens with one attached hydrogen (secondary N) is 4. The normalized spacial score (nSPS) is 19.8. The summed E-state index contributed by atoms with van der Waals surface area (Å²) in [5, 5.41) is 9.40. The van der Waals surface area contributed by atoms with Crippen molar-refractivity contribution in [2.75, 3.05) is 24.6 Å². The molecule has 0 bridgehead atoms. The summed E-state index contributed by atoms with van der Waals surface area (Å²) in [6.07, 6.45) is 4.73. The first-order valence-corrected chi connectivity index (χ1v) is 13.4. The zero-order valence-electron chi connectivity index (χ0n) is 19.9. The molecule has 0 aliphatic carbocycles. The van der Waals surface area contributed by atoms with Crippen molar-refractivity contribution < 1.29 is 22.7 Å². The SMILES string of the molecule is NC(=O)COc1cccc(N2C=C3C=C(c4ccc(S(=O)(=O)NC5CCNCC5)cc4)NC3NC2=O)c1. The fourth-order valence-electron chi connectivity index (χ4n) is 4.44. The lowest BCUT2D eigenvalue weighted by molar-refractivity contribution is -0.119. The van der Waals surface area contributed by atoms with E-state index in [4.69, 9.17) is 10.5 Å². The first kappa shape index (κ1) is 24.8. The molecule has 3 heterocycles. The van der Waals surface area contributed by atoms with Gasteiger partial charge < -0.3 is 26.4 Å². The van der Waals surface area contributed by atoms with Crippen LogP contribution < -0.4 is 36.0 Å². The highest BCUT2D eigenvalue weighted by atomic mass is 32.2. The molecule has 5 rings (SSSR count). The summed E-state index contributed by atoms with van der Waals surface area (Å²) in [6, 6.07) is 13.0. The second kappa shape index (κ2) is 10.2. The minimum atomic E-state index is -3.61. The quantitative estimate of drug-likeness (QED) is 0.345. The zero-order valence-corrected chi connectivity index (χ0v) is 20.8. The van der Waals surface area contributed by atoms with Gasteiger partial charge in [-0.15, -0.1) is 0 Å². The molecule has 0 saturated carbocycles. The molecule has 0 aromatic heterocycles. The van der Waals surface area contributed by atoms with E-state index < -0.39 is 22.1 Å². The maximum atomic E-state index is 12.8. The molecule has 3 aliphatic rings. The summed E-state index contributed by atoms with van der Waals surface area (Å²) in [7, 11) is -3.61. The zero-order chi connectivity index (χ0) is 26.0. The van der Waals surface area contributed by atoms with Gasteiger partial charge in [-0.05, 0) is 61.8 Å². The lowest BCUT2D eigenvalue weighted by Gasteiger charge is -2.29. The molecule has 1 saturated heterocycles. The third-order valence-corrected chi connectivity index (χ3v) is 7.86.